The largest absolute Gasteiger partial charge is 0.418 e. The number of nitrogens with zero attached hydrogens (tertiary/aromatic N) is 1. The highest BCUT2D eigenvalue weighted by Gasteiger charge is 2.33. The summed E-state index contributed by atoms with van der Waals surface area (Å²) in [5.41, 5.74) is 4.44. The Morgan fingerprint density at radius 2 is 1.72 bits per heavy atom. The molecule has 18 heavy (non-hydrogen) atoms. The lowest BCUT2D eigenvalue weighted by Crippen LogP contribution is -2.08. The maximum atomic E-state index is 13.0. The van der Waals surface area contributed by atoms with Crippen LogP contribution in [0.5, 0.6) is 0 Å². The molecule has 0 aliphatic heterocycles. The first-order chi connectivity index (χ1) is 8.38. The molecule has 1 aromatic heterocycles. The Balaban J connectivity index is 2.54. The van der Waals surface area contributed by atoms with Crippen LogP contribution in [0.15, 0.2) is 36.7 Å². The number of halogens is 4. The van der Waals surface area contributed by atoms with E-state index < -0.39 is 17.6 Å². The lowest BCUT2D eigenvalue weighted by molar-refractivity contribution is -0.136. The van der Waals surface area contributed by atoms with Crippen molar-refractivity contribution in [1.29, 1.82) is 0 Å². The normalized spacial score (nSPS) is 11.6. The Morgan fingerprint density at radius 3 is 2.33 bits per heavy atom. The topological polar surface area (TPSA) is 38.9 Å². The number of pyridine rings is 1. The molecule has 0 aliphatic rings. The van der Waals surface area contributed by atoms with Gasteiger partial charge >= 0.3 is 6.18 Å². The molecule has 0 radical (unpaired) electrons. The Kier molecular flexibility index (Phi) is 2.94. The quantitative estimate of drug-likeness (QED) is 0.626. The van der Waals surface area contributed by atoms with Crippen molar-refractivity contribution in [1.82, 2.24) is 4.98 Å². The van der Waals surface area contributed by atoms with Crippen molar-refractivity contribution in [3.8, 4) is 11.1 Å². The molecular formula is C12H8F4N2. The Bertz CT molecular complexity index is 579. The zero-order valence-electron chi connectivity index (χ0n) is 9.00. The van der Waals surface area contributed by atoms with Gasteiger partial charge in [-0.15, -0.1) is 0 Å². The van der Waals surface area contributed by atoms with Crippen LogP contribution in [0.3, 0.4) is 0 Å². The van der Waals surface area contributed by atoms with Crippen molar-refractivity contribution in [2.24, 2.45) is 0 Å². The van der Waals surface area contributed by atoms with Gasteiger partial charge in [0.2, 0.25) is 0 Å². The van der Waals surface area contributed by atoms with E-state index in [0.717, 1.165) is 24.4 Å². The van der Waals surface area contributed by atoms with Crippen LogP contribution >= 0.6 is 0 Å². The van der Waals surface area contributed by atoms with E-state index >= 15 is 0 Å². The second-order valence-electron chi connectivity index (χ2n) is 3.69. The number of hydrogen-bond donors (Lipinski definition) is 1. The zero-order valence-corrected chi connectivity index (χ0v) is 9.00. The summed E-state index contributed by atoms with van der Waals surface area (Å²) < 4.78 is 50.9. The van der Waals surface area contributed by atoms with Crippen molar-refractivity contribution in [2.75, 3.05) is 5.73 Å². The molecule has 0 saturated carbocycles. The molecule has 0 atom stereocenters. The Morgan fingerprint density at radius 1 is 1.00 bits per heavy atom. The van der Waals surface area contributed by atoms with E-state index in [-0.39, 0.29) is 16.8 Å². The minimum Gasteiger partial charge on any atom is -0.398 e. The molecule has 1 heterocycles. The fourth-order valence-electron chi connectivity index (χ4n) is 1.55. The SMILES string of the molecule is Nc1ccc(-c2cncc(F)c2)cc1C(F)(F)F. The first kappa shape index (κ1) is 12.3. The van der Waals surface area contributed by atoms with E-state index in [1.165, 1.54) is 12.3 Å². The molecule has 0 spiro atoms. The number of aromatic nitrogens is 1. The van der Waals surface area contributed by atoms with Crippen molar-refractivity contribution >= 4 is 5.69 Å². The van der Waals surface area contributed by atoms with Crippen molar-refractivity contribution < 1.29 is 17.6 Å². The van der Waals surface area contributed by atoms with Gasteiger partial charge in [0, 0.05) is 17.4 Å². The summed E-state index contributed by atoms with van der Waals surface area (Å²) in [4.78, 5) is 3.59. The molecule has 2 nitrogen and oxygen atoms in total. The summed E-state index contributed by atoms with van der Waals surface area (Å²) >= 11 is 0. The van der Waals surface area contributed by atoms with Crippen LogP contribution in [0, 0.1) is 5.82 Å². The van der Waals surface area contributed by atoms with Crippen molar-refractivity contribution in [3.05, 3.63) is 48.0 Å². The Labute approximate surface area is 100 Å². The monoisotopic (exact) mass is 256 g/mol. The number of benzene rings is 1. The molecule has 0 aliphatic carbocycles. The van der Waals surface area contributed by atoms with Gasteiger partial charge in [0.05, 0.1) is 11.8 Å². The lowest BCUT2D eigenvalue weighted by atomic mass is 10.0. The first-order valence-electron chi connectivity index (χ1n) is 4.95. The van der Waals surface area contributed by atoms with Crippen LogP contribution in [-0.4, -0.2) is 4.98 Å². The highest BCUT2D eigenvalue weighted by molar-refractivity contribution is 5.67. The predicted molar refractivity (Wildman–Crippen MR) is 59.0 cm³/mol. The third-order valence-corrected chi connectivity index (χ3v) is 2.40. The van der Waals surface area contributed by atoms with E-state index in [9.17, 15) is 17.6 Å². The predicted octanol–water partition coefficient (Wildman–Crippen LogP) is 3.49. The Hall–Kier alpha value is -2.11. The number of anilines is 1. The second-order valence-corrected chi connectivity index (χ2v) is 3.69. The standard InChI is InChI=1S/C12H8F4N2/c13-9-3-8(5-18-6-9)7-1-2-11(17)10(4-7)12(14,15)16/h1-6H,17H2. The summed E-state index contributed by atoms with van der Waals surface area (Å²) in [6.45, 7) is 0. The van der Waals surface area contributed by atoms with Gasteiger partial charge in [-0.05, 0) is 23.8 Å². The van der Waals surface area contributed by atoms with Crippen LogP contribution < -0.4 is 5.73 Å². The fourth-order valence-corrected chi connectivity index (χ4v) is 1.55. The molecule has 2 aromatic rings. The number of nitrogens with two attached hydrogens (primary N) is 1. The van der Waals surface area contributed by atoms with E-state index in [2.05, 4.69) is 4.98 Å². The first-order valence-corrected chi connectivity index (χ1v) is 4.95. The van der Waals surface area contributed by atoms with E-state index in [0.29, 0.717) is 0 Å². The molecule has 0 bridgehead atoms. The average molecular weight is 256 g/mol. The van der Waals surface area contributed by atoms with Crippen LogP contribution in [0.2, 0.25) is 0 Å². The van der Waals surface area contributed by atoms with Crippen molar-refractivity contribution in [3.63, 3.8) is 0 Å². The van der Waals surface area contributed by atoms with E-state index in [1.54, 1.807) is 0 Å². The average Bonchev–Trinajstić information content (AvgIpc) is 2.28. The smallest absolute Gasteiger partial charge is 0.398 e. The van der Waals surface area contributed by atoms with Crippen LogP contribution in [0.1, 0.15) is 5.56 Å². The lowest BCUT2D eigenvalue weighted by Gasteiger charge is -2.11. The molecule has 2 N–H and O–H groups in total. The van der Waals surface area contributed by atoms with Gasteiger partial charge < -0.3 is 5.73 Å². The number of hydrogen-bond acceptors (Lipinski definition) is 2. The van der Waals surface area contributed by atoms with Gasteiger partial charge in [-0.1, -0.05) is 6.07 Å². The maximum Gasteiger partial charge on any atom is 0.418 e. The van der Waals surface area contributed by atoms with Gasteiger partial charge in [-0.3, -0.25) is 4.98 Å². The fraction of sp³-hybridized carbons (Fsp3) is 0.0833. The highest BCUT2D eigenvalue weighted by Crippen LogP contribution is 2.36. The maximum absolute atomic E-state index is 13.0. The van der Waals surface area contributed by atoms with Gasteiger partial charge in [-0.25, -0.2) is 4.39 Å². The number of nitrogen functional groups attached to an aromatic ring is 1. The minimum absolute atomic E-state index is 0.212. The molecule has 0 saturated heterocycles. The van der Waals surface area contributed by atoms with Crippen LogP contribution in [0.25, 0.3) is 11.1 Å². The molecule has 0 unspecified atom stereocenters. The molecule has 1 aromatic carbocycles. The summed E-state index contributed by atoms with van der Waals surface area (Å²) in [5, 5.41) is 0. The molecule has 2 rings (SSSR count). The molecule has 94 valence electrons. The van der Waals surface area contributed by atoms with Gasteiger partial charge in [0.25, 0.3) is 0 Å². The number of rotatable bonds is 1. The zero-order chi connectivity index (χ0) is 13.3. The van der Waals surface area contributed by atoms with Gasteiger partial charge in [0.1, 0.15) is 5.82 Å². The van der Waals surface area contributed by atoms with Gasteiger partial charge in [-0.2, -0.15) is 13.2 Å². The molecular weight excluding hydrogens is 248 g/mol. The second kappa shape index (κ2) is 4.29. The third kappa shape index (κ3) is 2.42. The molecule has 0 fully saturated rings. The van der Waals surface area contributed by atoms with E-state index in [4.69, 9.17) is 5.73 Å². The van der Waals surface area contributed by atoms with Crippen LogP contribution in [0.4, 0.5) is 23.2 Å². The van der Waals surface area contributed by atoms with Crippen LogP contribution in [-0.2, 0) is 6.18 Å². The van der Waals surface area contributed by atoms with Gasteiger partial charge in [0.15, 0.2) is 0 Å². The molecule has 6 heteroatoms. The van der Waals surface area contributed by atoms with E-state index in [1.807, 2.05) is 0 Å². The van der Waals surface area contributed by atoms with Crippen molar-refractivity contribution in [2.45, 2.75) is 6.18 Å². The third-order valence-electron chi connectivity index (χ3n) is 2.40. The molecule has 0 amide bonds. The summed E-state index contributed by atoms with van der Waals surface area (Å²) in [5.74, 6) is -0.613. The summed E-state index contributed by atoms with van der Waals surface area (Å²) in [6.07, 6.45) is -2.28. The minimum atomic E-state index is -4.54. The number of alkyl halides is 3. The highest BCUT2D eigenvalue weighted by atomic mass is 19.4. The summed E-state index contributed by atoms with van der Waals surface area (Å²) in [7, 11) is 0. The summed E-state index contributed by atoms with van der Waals surface area (Å²) in [6, 6.07) is 4.52.